The number of pyridine rings is 1. The van der Waals surface area contributed by atoms with E-state index in [0.717, 1.165) is 6.08 Å². The molecule has 0 bridgehead atoms. The summed E-state index contributed by atoms with van der Waals surface area (Å²) in [5, 5.41) is 9.49. The third-order valence-corrected chi connectivity index (χ3v) is 1.58. The highest BCUT2D eigenvalue weighted by Crippen LogP contribution is 2.08. The fraction of sp³-hybridized carbons (Fsp3) is 0.200. The van der Waals surface area contributed by atoms with Gasteiger partial charge in [-0.25, -0.2) is 4.79 Å². The van der Waals surface area contributed by atoms with Crippen LogP contribution in [-0.2, 0) is 9.53 Å². The van der Waals surface area contributed by atoms with E-state index >= 15 is 0 Å². The van der Waals surface area contributed by atoms with Gasteiger partial charge in [-0.15, -0.1) is 0 Å². The van der Waals surface area contributed by atoms with Gasteiger partial charge in [-0.3, -0.25) is 4.98 Å². The third kappa shape index (κ3) is 2.99. The molecule has 4 heteroatoms. The number of ether oxygens (including phenoxy) is 1. The van der Waals surface area contributed by atoms with Crippen molar-refractivity contribution in [1.29, 1.82) is 0 Å². The minimum atomic E-state index is -0.889. The number of hydrogen-bond donors (Lipinski definition) is 1. The first-order chi connectivity index (χ1) is 6.74. The summed E-state index contributed by atoms with van der Waals surface area (Å²) in [6.45, 7) is 3.13. The SMILES string of the molecule is C=CC(=O)OCC(O)c1ccccn1. The van der Waals surface area contributed by atoms with Gasteiger partial charge >= 0.3 is 5.97 Å². The highest BCUT2D eigenvalue weighted by Gasteiger charge is 2.09. The van der Waals surface area contributed by atoms with E-state index in [1.807, 2.05) is 0 Å². The van der Waals surface area contributed by atoms with Gasteiger partial charge in [0.1, 0.15) is 12.7 Å². The van der Waals surface area contributed by atoms with Crippen LogP contribution >= 0.6 is 0 Å². The van der Waals surface area contributed by atoms with E-state index in [9.17, 15) is 9.90 Å². The molecule has 1 unspecified atom stereocenters. The molecule has 4 nitrogen and oxygen atoms in total. The van der Waals surface area contributed by atoms with Gasteiger partial charge in [0.2, 0.25) is 0 Å². The molecule has 0 aliphatic heterocycles. The molecule has 0 aliphatic rings. The van der Waals surface area contributed by atoms with Gasteiger partial charge in [-0.1, -0.05) is 12.6 Å². The van der Waals surface area contributed by atoms with Crippen LogP contribution in [0.3, 0.4) is 0 Å². The third-order valence-electron chi connectivity index (χ3n) is 1.58. The van der Waals surface area contributed by atoms with E-state index in [0.29, 0.717) is 5.69 Å². The van der Waals surface area contributed by atoms with Crippen molar-refractivity contribution in [3.63, 3.8) is 0 Å². The van der Waals surface area contributed by atoms with Crippen molar-refractivity contribution < 1.29 is 14.6 Å². The normalized spacial score (nSPS) is 11.8. The quantitative estimate of drug-likeness (QED) is 0.568. The Balaban J connectivity index is 2.47. The van der Waals surface area contributed by atoms with Crippen molar-refractivity contribution in [1.82, 2.24) is 4.98 Å². The highest BCUT2D eigenvalue weighted by molar-refractivity contribution is 5.81. The molecule has 0 saturated carbocycles. The number of aromatic nitrogens is 1. The number of rotatable bonds is 4. The van der Waals surface area contributed by atoms with Crippen LogP contribution in [0.5, 0.6) is 0 Å². The molecular weight excluding hydrogens is 182 g/mol. The van der Waals surface area contributed by atoms with Gasteiger partial charge in [0, 0.05) is 12.3 Å². The van der Waals surface area contributed by atoms with Gasteiger partial charge < -0.3 is 9.84 Å². The molecule has 0 aromatic carbocycles. The minimum absolute atomic E-state index is 0.109. The van der Waals surface area contributed by atoms with E-state index < -0.39 is 12.1 Å². The number of carbonyl (C=O) groups excluding carboxylic acids is 1. The lowest BCUT2D eigenvalue weighted by atomic mass is 10.2. The number of esters is 1. The maximum Gasteiger partial charge on any atom is 0.330 e. The standard InChI is InChI=1S/C10H11NO3/c1-2-10(13)14-7-9(12)8-5-3-4-6-11-8/h2-6,9,12H,1,7H2. The Morgan fingerprint density at radius 3 is 3.07 bits per heavy atom. The number of nitrogens with zero attached hydrogens (tertiary/aromatic N) is 1. The molecule has 74 valence electrons. The lowest BCUT2D eigenvalue weighted by Gasteiger charge is -2.08. The molecule has 1 N–H and O–H groups in total. The number of hydrogen-bond acceptors (Lipinski definition) is 4. The Morgan fingerprint density at radius 1 is 1.71 bits per heavy atom. The first kappa shape index (κ1) is 10.4. The summed E-state index contributed by atoms with van der Waals surface area (Å²) in [5.74, 6) is -0.556. The number of carbonyl (C=O) groups is 1. The van der Waals surface area contributed by atoms with Crippen molar-refractivity contribution in [2.24, 2.45) is 0 Å². The molecular formula is C10H11NO3. The summed E-state index contributed by atoms with van der Waals surface area (Å²) < 4.78 is 4.66. The van der Waals surface area contributed by atoms with Crippen LogP contribution in [0.15, 0.2) is 37.1 Å². The minimum Gasteiger partial charge on any atom is -0.459 e. The van der Waals surface area contributed by atoms with Gasteiger partial charge in [-0.2, -0.15) is 0 Å². The Bertz CT molecular complexity index is 310. The molecule has 0 radical (unpaired) electrons. The van der Waals surface area contributed by atoms with Crippen molar-refractivity contribution in [2.45, 2.75) is 6.10 Å². The molecule has 14 heavy (non-hydrogen) atoms. The summed E-state index contributed by atoms with van der Waals surface area (Å²) in [5.41, 5.74) is 0.476. The van der Waals surface area contributed by atoms with Crippen LogP contribution in [0.25, 0.3) is 0 Å². The average molecular weight is 193 g/mol. The van der Waals surface area contributed by atoms with Crippen LogP contribution in [0.2, 0.25) is 0 Å². The molecule has 0 spiro atoms. The van der Waals surface area contributed by atoms with E-state index in [4.69, 9.17) is 0 Å². The van der Waals surface area contributed by atoms with Crippen LogP contribution in [-0.4, -0.2) is 22.7 Å². The van der Waals surface area contributed by atoms with E-state index in [1.165, 1.54) is 0 Å². The summed E-state index contributed by atoms with van der Waals surface area (Å²) in [7, 11) is 0. The van der Waals surface area contributed by atoms with Crippen molar-refractivity contribution >= 4 is 5.97 Å². The lowest BCUT2D eigenvalue weighted by Crippen LogP contribution is -2.11. The van der Waals surface area contributed by atoms with Crippen molar-refractivity contribution in [3.05, 3.63) is 42.7 Å². The van der Waals surface area contributed by atoms with E-state index in [-0.39, 0.29) is 6.61 Å². The van der Waals surface area contributed by atoms with Crippen molar-refractivity contribution in [2.75, 3.05) is 6.61 Å². The molecule has 1 aromatic heterocycles. The Morgan fingerprint density at radius 2 is 2.50 bits per heavy atom. The Labute approximate surface area is 81.9 Å². The van der Waals surface area contributed by atoms with E-state index in [2.05, 4.69) is 16.3 Å². The second kappa shape index (κ2) is 5.14. The van der Waals surface area contributed by atoms with Crippen LogP contribution < -0.4 is 0 Å². The monoisotopic (exact) mass is 193 g/mol. The average Bonchev–Trinajstić information content (AvgIpc) is 2.26. The zero-order valence-corrected chi connectivity index (χ0v) is 7.59. The fourth-order valence-electron chi connectivity index (χ4n) is 0.878. The van der Waals surface area contributed by atoms with Crippen LogP contribution in [0.4, 0.5) is 0 Å². The predicted octanol–water partition coefficient (Wildman–Crippen LogP) is 0.844. The molecule has 1 heterocycles. The summed E-state index contributed by atoms with van der Waals surface area (Å²) in [4.78, 5) is 14.6. The van der Waals surface area contributed by atoms with Crippen LogP contribution in [0, 0.1) is 0 Å². The van der Waals surface area contributed by atoms with Crippen molar-refractivity contribution in [3.8, 4) is 0 Å². The zero-order valence-electron chi connectivity index (χ0n) is 7.59. The molecule has 1 aromatic rings. The van der Waals surface area contributed by atoms with Gasteiger partial charge in [-0.05, 0) is 12.1 Å². The lowest BCUT2D eigenvalue weighted by molar-refractivity contribution is -0.140. The summed E-state index contributed by atoms with van der Waals surface area (Å²) >= 11 is 0. The first-order valence-electron chi connectivity index (χ1n) is 4.12. The van der Waals surface area contributed by atoms with E-state index in [1.54, 1.807) is 24.4 Å². The van der Waals surface area contributed by atoms with Gasteiger partial charge in [0.25, 0.3) is 0 Å². The van der Waals surface area contributed by atoms with Gasteiger partial charge in [0.15, 0.2) is 0 Å². The maximum absolute atomic E-state index is 10.7. The molecule has 0 amide bonds. The summed E-state index contributed by atoms with van der Waals surface area (Å²) in [6.07, 6.45) is 1.72. The predicted molar refractivity (Wildman–Crippen MR) is 50.4 cm³/mol. The second-order valence-electron chi connectivity index (χ2n) is 2.60. The van der Waals surface area contributed by atoms with Crippen LogP contribution in [0.1, 0.15) is 11.8 Å². The highest BCUT2D eigenvalue weighted by atomic mass is 16.5. The smallest absolute Gasteiger partial charge is 0.330 e. The van der Waals surface area contributed by atoms with Gasteiger partial charge in [0.05, 0.1) is 5.69 Å². The molecule has 0 fully saturated rings. The molecule has 1 rings (SSSR count). The second-order valence-corrected chi connectivity index (χ2v) is 2.60. The topological polar surface area (TPSA) is 59.4 Å². The Kier molecular flexibility index (Phi) is 3.82. The fourth-order valence-corrected chi connectivity index (χ4v) is 0.878. The Hall–Kier alpha value is -1.68. The molecule has 1 atom stereocenters. The zero-order chi connectivity index (χ0) is 10.4. The first-order valence-corrected chi connectivity index (χ1v) is 4.12. The summed E-state index contributed by atoms with van der Waals surface area (Å²) in [6, 6.07) is 5.15. The molecule has 0 saturated heterocycles. The maximum atomic E-state index is 10.7. The number of aliphatic hydroxyl groups is 1. The number of aliphatic hydroxyl groups excluding tert-OH is 1. The largest absolute Gasteiger partial charge is 0.459 e. The molecule has 0 aliphatic carbocycles.